The Balaban J connectivity index is 2.08. The van der Waals surface area contributed by atoms with Crippen molar-refractivity contribution < 1.29 is 0 Å². The molecule has 4 heteroatoms. The van der Waals surface area contributed by atoms with E-state index in [1.165, 1.54) is 19.4 Å². The first-order valence-electron chi connectivity index (χ1n) is 7.25. The van der Waals surface area contributed by atoms with Crippen molar-refractivity contribution in [2.24, 2.45) is 5.92 Å². The van der Waals surface area contributed by atoms with Crippen LogP contribution in [0.3, 0.4) is 0 Å². The van der Waals surface area contributed by atoms with Crippen molar-refractivity contribution in [2.45, 2.75) is 32.7 Å². The summed E-state index contributed by atoms with van der Waals surface area (Å²) in [5.41, 5.74) is 1.39. The Morgan fingerprint density at radius 3 is 2.43 bits per heavy atom. The van der Waals surface area contributed by atoms with Crippen LogP contribution in [0.2, 0.25) is 0 Å². The van der Waals surface area contributed by atoms with Gasteiger partial charge in [0.2, 0.25) is 0 Å². The third-order valence-corrected chi connectivity index (χ3v) is 6.17. The maximum atomic E-state index is 3.67. The number of halogens is 2. The summed E-state index contributed by atoms with van der Waals surface area (Å²) in [7, 11) is 0. The molecule has 1 N–H and O–H groups in total. The standard InChI is InChI=1S/C17H21Br2NS/c1-12(2)20-11-13(10-17-16(19)7-8-21-17)9-14-5-3-4-6-15(14)18/h3-8,12-13,20H,9-11H2,1-2H3. The molecule has 0 aliphatic carbocycles. The van der Waals surface area contributed by atoms with Crippen molar-refractivity contribution in [3.63, 3.8) is 0 Å². The second kappa shape index (κ2) is 8.47. The lowest BCUT2D eigenvalue weighted by molar-refractivity contribution is 0.445. The zero-order valence-electron chi connectivity index (χ0n) is 12.4. The number of benzene rings is 1. The third-order valence-electron chi connectivity index (χ3n) is 3.45. The molecule has 0 fully saturated rings. The van der Waals surface area contributed by atoms with Gasteiger partial charge in [0.15, 0.2) is 0 Å². The van der Waals surface area contributed by atoms with Crippen LogP contribution >= 0.6 is 43.2 Å². The summed E-state index contributed by atoms with van der Waals surface area (Å²) in [5.74, 6) is 0.598. The van der Waals surface area contributed by atoms with E-state index in [1.807, 2.05) is 11.3 Å². The normalized spacial score (nSPS) is 12.8. The Labute approximate surface area is 148 Å². The zero-order valence-corrected chi connectivity index (χ0v) is 16.4. The van der Waals surface area contributed by atoms with Crippen LogP contribution in [-0.2, 0) is 12.8 Å². The van der Waals surface area contributed by atoms with E-state index in [4.69, 9.17) is 0 Å². The minimum absolute atomic E-state index is 0.526. The molecule has 1 aromatic heterocycles. The van der Waals surface area contributed by atoms with Crippen molar-refractivity contribution in [2.75, 3.05) is 6.54 Å². The first-order valence-corrected chi connectivity index (χ1v) is 9.71. The quantitative estimate of drug-likeness (QED) is 0.596. The van der Waals surface area contributed by atoms with Crippen LogP contribution in [0.1, 0.15) is 24.3 Å². The maximum Gasteiger partial charge on any atom is 0.0314 e. The van der Waals surface area contributed by atoms with E-state index < -0.39 is 0 Å². The number of hydrogen-bond acceptors (Lipinski definition) is 2. The van der Waals surface area contributed by atoms with E-state index in [-0.39, 0.29) is 0 Å². The zero-order chi connectivity index (χ0) is 15.2. The molecule has 0 aliphatic heterocycles. The van der Waals surface area contributed by atoms with E-state index in [0.717, 1.165) is 19.4 Å². The molecule has 1 nitrogen and oxygen atoms in total. The van der Waals surface area contributed by atoms with Crippen molar-refractivity contribution in [3.8, 4) is 0 Å². The Bertz CT molecular complexity index is 565. The largest absolute Gasteiger partial charge is 0.314 e. The van der Waals surface area contributed by atoms with Crippen LogP contribution in [0, 0.1) is 5.92 Å². The number of rotatable bonds is 7. The average molecular weight is 431 g/mol. The predicted molar refractivity (Wildman–Crippen MR) is 100 cm³/mol. The highest BCUT2D eigenvalue weighted by Gasteiger charge is 2.15. The van der Waals surface area contributed by atoms with Gasteiger partial charge in [-0.2, -0.15) is 0 Å². The topological polar surface area (TPSA) is 12.0 Å². The number of thiophene rings is 1. The molecule has 1 aromatic carbocycles. The fraction of sp³-hybridized carbons (Fsp3) is 0.412. The molecule has 0 radical (unpaired) electrons. The van der Waals surface area contributed by atoms with Crippen LogP contribution < -0.4 is 5.32 Å². The molecule has 0 spiro atoms. The lowest BCUT2D eigenvalue weighted by Crippen LogP contribution is -2.31. The van der Waals surface area contributed by atoms with Gasteiger partial charge >= 0.3 is 0 Å². The highest BCUT2D eigenvalue weighted by atomic mass is 79.9. The van der Waals surface area contributed by atoms with Gasteiger partial charge in [-0.15, -0.1) is 11.3 Å². The molecule has 114 valence electrons. The van der Waals surface area contributed by atoms with Crippen molar-refractivity contribution in [3.05, 3.63) is 55.1 Å². The SMILES string of the molecule is CC(C)NCC(Cc1ccccc1Br)Cc1sccc1Br. The minimum Gasteiger partial charge on any atom is -0.314 e. The molecule has 1 atom stereocenters. The van der Waals surface area contributed by atoms with Gasteiger partial charge < -0.3 is 5.32 Å². The van der Waals surface area contributed by atoms with E-state index in [2.05, 4.69) is 86.7 Å². The molecule has 1 heterocycles. The van der Waals surface area contributed by atoms with Crippen LogP contribution in [-0.4, -0.2) is 12.6 Å². The summed E-state index contributed by atoms with van der Waals surface area (Å²) in [6, 6.07) is 11.2. The second-order valence-corrected chi connectivity index (χ2v) is 8.33. The fourth-order valence-electron chi connectivity index (χ4n) is 2.33. The van der Waals surface area contributed by atoms with E-state index in [1.54, 1.807) is 0 Å². The molecule has 2 rings (SSSR count). The van der Waals surface area contributed by atoms with Crippen LogP contribution in [0.25, 0.3) is 0 Å². The van der Waals surface area contributed by atoms with Crippen LogP contribution in [0.15, 0.2) is 44.7 Å². The smallest absolute Gasteiger partial charge is 0.0314 e. The summed E-state index contributed by atoms with van der Waals surface area (Å²) < 4.78 is 2.46. The first kappa shape index (κ1) is 17.2. The van der Waals surface area contributed by atoms with Crippen LogP contribution in [0.5, 0.6) is 0 Å². The first-order chi connectivity index (χ1) is 10.1. The Kier molecular flexibility index (Phi) is 6.93. The Hall–Kier alpha value is -0.160. The molecule has 0 amide bonds. The molecule has 0 bridgehead atoms. The molecular formula is C17H21Br2NS. The lowest BCUT2D eigenvalue weighted by atomic mass is 9.95. The Morgan fingerprint density at radius 2 is 1.81 bits per heavy atom. The van der Waals surface area contributed by atoms with E-state index in [0.29, 0.717) is 12.0 Å². The third kappa shape index (κ3) is 5.51. The van der Waals surface area contributed by atoms with E-state index >= 15 is 0 Å². The summed E-state index contributed by atoms with van der Waals surface area (Å²) in [4.78, 5) is 1.44. The average Bonchev–Trinajstić information content (AvgIpc) is 2.84. The number of nitrogens with one attached hydrogen (secondary N) is 1. The Morgan fingerprint density at radius 1 is 1.05 bits per heavy atom. The van der Waals surface area contributed by atoms with Crippen molar-refractivity contribution in [1.29, 1.82) is 0 Å². The maximum absolute atomic E-state index is 3.67. The fourth-order valence-corrected chi connectivity index (χ4v) is 4.40. The summed E-state index contributed by atoms with van der Waals surface area (Å²) in [6.07, 6.45) is 2.20. The van der Waals surface area contributed by atoms with Gasteiger partial charge in [0.25, 0.3) is 0 Å². The molecule has 0 aliphatic rings. The van der Waals surface area contributed by atoms with Gasteiger partial charge in [-0.1, -0.05) is 48.0 Å². The minimum atomic E-state index is 0.526. The summed E-state index contributed by atoms with van der Waals surface area (Å²) >= 11 is 9.17. The van der Waals surface area contributed by atoms with Crippen molar-refractivity contribution >= 4 is 43.2 Å². The van der Waals surface area contributed by atoms with Gasteiger partial charge in [0.1, 0.15) is 0 Å². The number of hydrogen-bond donors (Lipinski definition) is 1. The predicted octanol–water partition coefficient (Wildman–Crippen LogP) is 5.67. The van der Waals surface area contributed by atoms with Gasteiger partial charge in [-0.3, -0.25) is 0 Å². The van der Waals surface area contributed by atoms with Gasteiger partial charge in [0.05, 0.1) is 0 Å². The highest BCUT2D eigenvalue weighted by molar-refractivity contribution is 9.10. The summed E-state index contributed by atoms with van der Waals surface area (Å²) in [5, 5.41) is 5.75. The van der Waals surface area contributed by atoms with Gasteiger partial charge in [-0.25, -0.2) is 0 Å². The molecule has 1 unspecified atom stereocenters. The van der Waals surface area contributed by atoms with Gasteiger partial charge in [0, 0.05) is 19.9 Å². The summed E-state index contributed by atoms with van der Waals surface area (Å²) in [6.45, 7) is 5.45. The molecular weight excluding hydrogens is 410 g/mol. The van der Waals surface area contributed by atoms with Gasteiger partial charge in [-0.05, 0) is 64.3 Å². The van der Waals surface area contributed by atoms with E-state index in [9.17, 15) is 0 Å². The molecule has 0 saturated carbocycles. The van der Waals surface area contributed by atoms with Crippen LogP contribution in [0.4, 0.5) is 0 Å². The lowest BCUT2D eigenvalue weighted by Gasteiger charge is -2.20. The molecule has 21 heavy (non-hydrogen) atoms. The second-order valence-electron chi connectivity index (χ2n) is 5.62. The monoisotopic (exact) mass is 429 g/mol. The molecule has 0 saturated heterocycles. The molecule has 2 aromatic rings. The van der Waals surface area contributed by atoms with Crippen molar-refractivity contribution in [1.82, 2.24) is 5.32 Å². The highest BCUT2D eigenvalue weighted by Crippen LogP contribution is 2.28.